The van der Waals surface area contributed by atoms with Gasteiger partial charge in [0.1, 0.15) is 5.69 Å². The molecule has 0 unspecified atom stereocenters. The fourth-order valence-electron chi connectivity index (χ4n) is 1.83. The quantitative estimate of drug-likeness (QED) is 0.777. The largest absolute Gasteiger partial charge is 0.480 e. The predicted octanol–water partition coefficient (Wildman–Crippen LogP) is 3.11. The van der Waals surface area contributed by atoms with E-state index in [0.717, 1.165) is 22.5 Å². The maximum atomic E-state index is 5.37. The van der Waals surface area contributed by atoms with Crippen LogP contribution in [0.5, 0.6) is 5.88 Å². The van der Waals surface area contributed by atoms with Crippen LogP contribution in [0.25, 0.3) is 11.3 Å². The SMILES string of the molecule is COc1c(C)c(-c2ccccc2)nn1N=C(C)C. The highest BCUT2D eigenvalue weighted by atomic mass is 16.5. The molecule has 2 aromatic rings. The minimum absolute atomic E-state index is 0.676. The molecule has 0 saturated carbocycles. The summed E-state index contributed by atoms with van der Waals surface area (Å²) in [5.41, 5.74) is 3.89. The fraction of sp³-hybridized carbons (Fsp3) is 0.286. The van der Waals surface area contributed by atoms with Crippen molar-refractivity contribution in [3.8, 4) is 17.1 Å². The maximum absolute atomic E-state index is 5.37. The molecule has 0 aliphatic heterocycles. The highest BCUT2D eigenvalue weighted by Crippen LogP contribution is 2.29. The van der Waals surface area contributed by atoms with Gasteiger partial charge in [-0.1, -0.05) is 30.3 Å². The summed E-state index contributed by atoms with van der Waals surface area (Å²) in [6.07, 6.45) is 0. The molecule has 0 aliphatic carbocycles. The second-order valence-electron chi connectivity index (χ2n) is 4.29. The third kappa shape index (κ3) is 2.27. The summed E-state index contributed by atoms with van der Waals surface area (Å²) in [6.45, 7) is 5.85. The van der Waals surface area contributed by atoms with Crippen molar-refractivity contribution in [2.45, 2.75) is 20.8 Å². The molecule has 0 bridgehead atoms. The van der Waals surface area contributed by atoms with Gasteiger partial charge in [0.25, 0.3) is 0 Å². The van der Waals surface area contributed by atoms with E-state index in [-0.39, 0.29) is 0 Å². The lowest BCUT2D eigenvalue weighted by atomic mass is 10.1. The Morgan fingerprint density at radius 2 is 1.89 bits per heavy atom. The highest BCUT2D eigenvalue weighted by molar-refractivity contribution is 5.79. The molecular formula is C14H17N3O. The Bertz CT molecular complexity index is 566. The molecular weight excluding hydrogens is 226 g/mol. The second-order valence-corrected chi connectivity index (χ2v) is 4.29. The molecule has 1 aromatic carbocycles. The average Bonchev–Trinajstić information content (AvgIpc) is 2.66. The van der Waals surface area contributed by atoms with Gasteiger partial charge in [-0.25, -0.2) is 0 Å². The maximum Gasteiger partial charge on any atom is 0.238 e. The van der Waals surface area contributed by atoms with E-state index in [1.54, 1.807) is 11.9 Å². The summed E-state index contributed by atoms with van der Waals surface area (Å²) in [5.74, 6) is 0.676. The number of nitrogens with zero attached hydrogens (tertiary/aromatic N) is 3. The molecule has 0 radical (unpaired) electrons. The van der Waals surface area contributed by atoms with Crippen LogP contribution < -0.4 is 4.74 Å². The summed E-state index contributed by atoms with van der Waals surface area (Å²) in [4.78, 5) is 1.55. The van der Waals surface area contributed by atoms with Crippen molar-refractivity contribution in [2.75, 3.05) is 7.11 Å². The van der Waals surface area contributed by atoms with E-state index in [0.29, 0.717) is 5.88 Å². The zero-order valence-corrected chi connectivity index (χ0v) is 11.1. The van der Waals surface area contributed by atoms with Crippen LogP contribution >= 0.6 is 0 Å². The first-order valence-electron chi connectivity index (χ1n) is 5.84. The van der Waals surface area contributed by atoms with Crippen LogP contribution in [-0.4, -0.2) is 22.7 Å². The van der Waals surface area contributed by atoms with Gasteiger partial charge in [-0.05, 0) is 20.8 Å². The number of rotatable bonds is 3. The van der Waals surface area contributed by atoms with Crippen molar-refractivity contribution in [3.63, 3.8) is 0 Å². The van der Waals surface area contributed by atoms with Gasteiger partial charge in [-0.15, -0.1) is 9.89 Å². The lowest BCUT2D eigenvalue weighted by molar-refractivity contribution is 0.368. The topological polar surface area (TPSA) is 39.4 Å². The number of hydrogen-bond acceptors (Lipinski definition) is 3. The van der Waals surface area contributed by atoms with Crippen LogP contribution in [0.4, 0.5) is 0 Å². The predicted molar refractivity (Wildman–Crippen MR) is 73.1 cm³/mol. The van der Waals surface area contributed by atoms with Crippen LogP contribution in [0.15, 0.2) is 35.4 Å². The van der Waals surface area contributed by atoms with Crippen LogP contribution in [0, 0.1) is 6.92 Å². The molecule has 2 rings (SSSR count). The number of aromatic nitrogens is 2. The summed E-state index contributed by atoms with van der Waals surface area (Å²) < 4.78 is 5.37. The van der Waals surface area contributed by atoms with Gasteiger partial charge < -0.3 is 4.74 Å². The Labute approximate surface area is 107 Å². The Kier molecular flexibility index (Phi) is 3.46. The molecule has 0 atom stereocenters. The van der Waals surface area contributed by atoms with Crippen molar-refractivity contribution in [1.29, 1.82) is 0 Å². The molecule has 18 heavy (non-hydrogen) atoms. The first-order valence-corrected chi connectivity index (χ1v) is 5.84. The first kappa shape index (κ1) is 12.4. The minimum Gasteiger partial charge on any atom is -0.480 e. The third-order valence-corrected chi connectivity index (χ3v) is 2.59. The lowest BCUT2D eigenvalue weighted by Gasteiger charge is -2.00. The van der Waals surface area contributed by atoms with E-state index in [1.165, 1.54) is 0 Å². The first-order chi connectivity index (χ1) is 8.63. The summed E-state index contributed by atoms with van der Waals surface area (Å²) in [6, 6.07) is 10.0. The van der Waals surface area contributed by atoms with E-state index in [9.17, 15) is 0 Å². The summed E-state index contributed by atoms with van der Waals surface area (Å²) in [5, 5.41) is 8.83. The monoisotopic (exact) mass is 243 g/mol. The summed E-state index contributed by atoms with van der Waals surface area (Å²) in [7, 11) is 1.63. The normalized spacial score (nSPS) is 10.2. The zero-order valence-electron chi connectivity index (χ0n) is 11.1. The van der Waals surface area contributed by atoms with Gasteiger partial charge >= 0.3 is 0 Å². The number of methoxy groups -OCH3 is 1. The Balaban J connectivity index is 2.57. The molecule has 0 spiro atoms. The van der Waals surface area contributed by atoms with E-state index in [4.69, 9.17) is 4.74 Å². The summed E-state index contributed by atoms with van der Waals surface area (Å²) >= 11 is 0. The van der Waals surface area contributed by atoms with Crippen LogP contribution in [0.1, 0.15) is 19.4 Å². The van der Waals surface area contributed by atoms with Gasteiger partial charge in [0.05, 0.1) is 7.11 Å². The highest BCUT2D eigenvalue weighted by Gasteiger charge is 2.15. The molecule has 1 aromatic heterocycles. The fourth-order valence-corrected chi connectivity index (χ4v) is 1.83. The van der Waals surface area contributed by atoms with E-state index in [2.05, 4.69) is 10.2 Å². The molecule has 4 nitrogen and oxygen atoms in total. The minimum atomic E-state index is 0.676. The second kappa shape index (κ2) is 5.04. The molecule has 0 amide bonds. The Hall–Kier alpha value is -2.10. The van der Waals surface area contributed by atoms with Crippen LogP contribution in [-0.2, 0) is 0 Å². The van der Waals surface area contributed by atoms with Gasteiger partial charge in [0.2, 0.25) is 5.88 Å². The molecule has 0 fully saturated rings. The van der Waals surface area contributed by atoms with Crippen molar-refractivity contribution in [1.82, 2.24) is 9.89 Å². The van der Waals surface area contributed by atoms with Gasteiger partial charge in [0, 0.05) is 16.8 Å². The number of hydrogen-bond donors (Lipinski definition) is 0. The van der Waals surface area contributed by atoms with E-state index < -0.39 is 0 Å². The Morgan fingerprint density at radius 3 is 2.44 bits per heavy atom. The standard InChI is InChI=1S/C14H17N3O/c1-10(2)15-17-14(18-4)11(3)13(16-17)12-8-6-5-7-9-12/h5-9H,1-4H3. The number of ether oxygens (including phenoxy) is 1. The van der Waals surface area contributed by atoms with Gasteiger partial charge in [-0.3, -0.25) is 0 Å². The van der Waals surface area contributed by atoms with Crippen molar-refractivity contribution in [2.24, 2.45) is 5.10 Å². The van der Waals surface area contributed by atoms with Gasteiger partial charge in [-0.2, -0.15) is 5.10 Å². The van der Waals surface area contributed by atoms with Crippen molar-refractivity contribution >= 4 is 5.71 Å². The van der Waals surface area contributed by atoms with Gasteiger partial charge in [0.15, 0.2) is 0 Å². The van der Waals surface area contributed by atoms with E-state index in [1.807, 2.05) is 51.1 Å². The van der Waals surface area contributed by atoms with E-state index >= 15 is 0 Å². The Morgan fingerprint density at radius 1 is 1.22 bits per heavy atom. The average molecular weight is 243 g/mol. The zero-order chi connectivity index (χ0) is 13.1. The van der Waals surface area contributed by atoms with Crippen molar-refractivity contribution < 1.29 is 4.74 Å². The molecule has 4 heteroatoms. The van der Waals surface area contributed by atoms with Crippen molar-refractivity contribution in [3.05, 3.63) is 35.9 Å². The third-order valence-electron chi connectivity index (χ3n) is 2.59. The smallest absolute Gasteiger partial charge is 0.238 e. The van der Waals surface area contributed by atoms with Crippen LogP contribution in [0.3, 0.4) is 0 Å². The lowest BCUT2D eigenvalue weighted by Crippen LogP contribution is -1.99. The van der Waals surface area contributed by atoms with Crippen LogP contribution in [0.2, 0.25) is 0 Å². The molecule has 94 valence electrons. The molecule has 1 heterocycles. The number of benzene rings is 1. The molecule has 0 aliphatic rings. The molecule has 0 saturated heterocycles. The molecule has 0 N–H and O–H groups in total.